The van der Waals surface area contributed by atoms with E-state index in [1.807, 2.05) is 0 Å². The molecule has 7 nitrogen and oxygen atoms in total. The van der Waals surface area contributed by atoms with Crippen LogP contribution in [-0.2, 0) is 33.9 Å². The average Bonchev–Trinajstić information content (AvgIpc) is 2.42. The van der Waals surface area contributed by atoms with E-state index in [0.717, 1.165) is 0 Å². The van der Waals surface area contributed by atoms with E-state index >= 15 is 0 Å². The molecule has 0 aromatic carbocycles. The summed E-state index contributed by atoms with van der Waals surface area (Å²) in [4.78, 5) is 31.8. The minimum absolute atomic E-state index is 0.0489. The van der Waals surface area contributed by atoms with Crippen LogP contribution in [0, 0.1) is 0 Å². The zero-order valence-electron chi connectivity index (χ0n) is 13.2. The summed E-state index contributed by atoms with van der Waals surface area (Å²) < 4.78 is 9.13. The number of hydrogen-bond acceptors (Lipinski definition) is 7. The maximum atomic E-state index is 11.4. The van der Waals surface area contributed by atoms with Crippen LogP contribution in [0.3, 0.4) is 0 Å². The molecule has 8 heteroatoms. The van der Waals surface area contributed by atoms with E-state index in [2.05, 4.69) is 32.4 Å². The van der Waals surface area contributed by atoms with Crippen molar-refractivity contribution in [2.45, 2.75) is 37.9 Å². The van der Waals surface area contributed by atoms with Gasteiger partial charge in [-0.1, -0.05) is 27.5 Å². The molecule has 0 aromatic heterocycles. The van der Waals surface area contributed by atoms with Crippen LogP contribution in [0.4, 0.5) is 0 Å². The zero-order valence-corrected chi connectivity index (χ0v) is 14.8. The fourth-order valence-electron chi connectivity index (χ4n) is 0.993. The molecule has 0 heterocycles. The fourth-order valence-corrected chi connectivity index (χ4v) is 1.11. The van der Waals surface area contributed by atoms with Gasteiger partial charge in [-0.15, -0.1) is 0 Å². The largest absolute Gasteiger partial charge is 0.465 e. The Morgan fingerprint density at radius 3 is 2.18 bits per heavy atom. The summed E-state index contributed by atoms with van der Waals surface area (Å²) in [6.45, 7) is 9.14. The fraction of sp³-hybridized carbons (Fsp3) is 0.714. The van der Waals surface area contributed by atoms with E-state index in [9.17, 15) is 9.59 Å². The van der Waals surface area contributed by atoms with Gasteiger partial charge in [-0.3, -0.25) is 4.79 Å². The van der Waals surface area contributed by atoms with Gasteiger partial charge in [0.2, 0.25) is 0 Å². The minimum Gasteiger partial charge on any atom is -0.465 e. The number of carbonyl (C=O) groups is 2. The Balaban J connectivity index is 3.29. The molecule has 0 saturated heterocycles. The van der Waals surface area contributed by atoms with E-state index in [1.165, 1.54) is 0 Å². The van der Waals surface area contributed by atoms with Crippen molar-refractivity contribution in [3.8, 4) is 0 Å². The van der Waals surface area contributed by atoms with Gasteiger partial charge in [0.15, 0.2) is 0 Å². The normalized spacial score (nSPS) is 11.1. The van der Waals surface area contributed by atoms with E-state index in [0.29, 0.717) is 31.6 Å². The van der Waals surface area contributed by atoms with E-state index in [1.54, 1.807) is 20.8 Å². The molecule has 0 aliphatic rings. The molecule has 0 rings (SSSR count). The highest BCUT2D eigenvalue weighted by molar-refractivity contribution is 9.10. The lowest BCUT2D eigenvalue weighted by atomic mass is 10.2. The van der Waals surface area contributed by atoms with Gasteiger partial charge in [0, 0.05) is 5.57 Å². The first-order valence-corrected chi connectivity index (χ1v) is 7.64. The summed E-state index contributed by atoms with van der Waals surface area (Å²) in [5, 5.41) is 4.43. The number of halogens is 1. The number of unbranched alkanes of at least 4 members (excludes halogenated alkanes) is 1. The summed E-state index contributed by atoms with van der Waals surface area (Å²) in [6.07, 6.45) is 1.29. The standard InChI is InChI=1S/C14H23BrO7/c1-11(2)12(16)18-9-10-21-22-20-8-6-5-7-19-13(17)14(3,4)15/h1,5-10H2,2-4H3. The van der Waals surface area contributed by atoms with Gasteiger partial charge in [-0.05, 0) is 33.6 Å². The van der Waals surface area contributed by atoms with Crippen molar-refractivity contribution in [2.75, 3.05) is 26.4 Å². The molecule has 22 heavy (non-hydrogen) atoms. The van der Waals surface area contributed by atoms with Crippen LogP contribution in [0.1, 0.15) is 33.6 Å². The Morgan fingerprint density at radius 1 is 1.00 bits per heavy atom. The predicted molar refractivity (Wildman–Crippen MR) is 82.0 cm³/mol. The predicted octanol–water partition coefficient (Wildman–Crippen LogP) is 2.48. The Morgan fingerprint density at radius 2 is 1.59 bits per heavy atom. The highest BCUT2D eigenvalue weighted by Crippen LogP contribution is 2.17. The summed E-state index contributed by atoms with van der Waals surface area (Å²) in [5.74, 6) is -0.789. The van der Waals surface area contributed by atoms with Gasteiger partial charge >= 0.3 is 11.9 Å². The summed E-state index contributed by atoms with van der Waals surface area (Å²) in [5.41, 5.74) is 0.321. The highest BCUT2D eigenvalue weighted by atomic mass is 79.9. The van der Waals surface area contributed by atoms with Crippen LogP contribution in [-0.4, -0.2) is 42.7 Å². The summed E-state index contributed by atoms with van der Waals surface area (Å²) in [7, 11) is 0. The minimum atomic E-state index is -0.673. The maximum Gasteiger partial charge on any atom is 0.333 e. The molecular formula is C14H23BrO7. The van der Waals surface area contributed by atoms with Crippen molar-refractivity contribution >= 4 is 27.9 Å². The van der Waals surface area contributed by atoms with Crippen molar-refractivity contribution in [2.24, 2.45) is 0 Å². The number of carbonyl (C=O) groups excluding carboxylic acids is 2. The van der Waals surface area contributed by atoms with Crippen molar-refractivity contribution in [1.29, 1.82) is 0 Å². The molecule has 0 unspecified atom stereocenters. The molecular weight excluding hydrogens is 360 g/mol. The number of rotatable bonds is 12. The maximum absolute atomic E-state index is 11.4. The second kappa shape index (κ2) is 11.6. The van der Waals surface area contributed by atoms with Gasteiger partial charge in [-0.2, -0.15) is 0 Å². The molecule has 0 saturated carbocycles. The van der Waals surface area contributed by atoms with Crippen molar-refractivity contribution in [1.82, 2.24) is 0 Å². The summed E-state index contributed by atoms with van der Waals surface area (Å²) in [6, 6.07) is 0. The van der Waals surface area contributed by atoms with Crippen LogP contribution < -0.4 is 0 Å². The van der Waals surface area contributed by atoms with Crippen LogP contribution in [0.25, 0.3) is 0 Å². The van der Waals surface area contributed by atoms with Gasteiger partial charge in [-0.25, -0.2) is 14.6 Å². The smallest absolute Gasteiger partial charge is 0.333 e. The molecule has 0 fully saturated rings. The number of esters is 2. The third-order valence-corrected chi connectivity index (χ3v) is 2.51. The van der Waals surface area contributed by atoms with E-state index in [4.69, 9.17) is 14.4 Å². The van der Waals surface area contributed by atoms with Crippen LogP contribution >= 0.6 is 15.9 Å². The summed E-state index contributed by atoms with van der Waals surface area (Å²) >= 11 is 3.21. The van der Waals surface area contributed by atoms with E-state index in [-0.39, 0.29) is 19.2 Å². The molecule has 0 atom stereocenters. The molecule has 0 aromatic rings. The Kier molecular flexibility index (Phi) is 11.1. The lowest BCUT2D eigenvalue weighted by Crippen LogP contribution is -2.26. The Bertz CT molecular complexity index is 363. The molecule has 0 N–H and O–H groups in total. The number of alkyl halides is 1. The van der Waals surface area contributed by atoms with Gasteiger partial charge in [0.25, 0.3) is 0 Å². The SMILES string of the molecule is C=C(C)C(=O)OCCOOOCCCCOC(=O)C(C)(C)Br. The lowest BCUT2D eigenvalue weighted by Gasteiger charge is -2.14. The topological polar surface area (TPSA) is 80.3 Å². The molecule has 0 amide bonds. The van der Waals surface area contributed by atoms with Gasteiger partial charge < -0.3 is 9.47 Å². The third-order valence-electron chi connectivity index (χ3n) is 2.19. The average molecular weight is 383 g/mol. The molecule has 0 radical (unpaired) electrons. The number of hydrogen-bond donors (Lipinski definition) is 0. The van der Waals surface area contributed by atoms with Crippen molar-refractivity contribution in [3.05, 3.63) is 12.2 Å². The first-order chi connectivity index (χ1) is 10.2. The zero-order chi connectivity index (χ0) is 17.0. The second-order valence-corrected chi connectivity index (χ2v) is 6.93. The quantitative estimate of drug-likeness (QED) is 0.128. The Labute approximate surface area is 138 Å². The molecule has 128 valence electrons. The Hall–Kier alpha value is -0.960. The second-order valence-electron chi connectivity index (χ2n) is 4.94. The van der Waals surface area contributed by atoms with Crippen molar-refractivity contribution in [3.63, 3.8) is 0 Å². The highest BCUT2D eigenvalue weighted by Gasteiger charge is 2.24. The molecule has 0 spiro atoms. The van der Waals surface area contributed by atoms with Gasteiger partial charge in [0.05, 0.1) is 13.2 Å². The van der Waals surface area contributed by atoms with Crippen LogP contribution in [0.15, 0.2) is 12.2 Å². The van der Waals surface area contributed by atoms with Crippen LogP contribution in [0.5, 0.6) is 0 Å². The first-order valence-electron chi connectivity index (χ1n) is 6.85. The third kappa shape index (κ3) is 11.7. The van der Waals surface area contributed by atoms with E-state index < -0.39 is 10.3 Å². The van der Waals surface area contributed by atoms with Crippen molar-refractivity contribution < 1.29 is 33.9 Å². The van der Waals surface area contributed by atoms with Crippen LogP contribution in [0.2, 0.25) is 0 Å². The first kappa shape index (κ1) is 21.0. The molecule has 0 aliphatic carbocycles. The number of ether oxygens (including phenoxy) is 2. The lowest BCUT2D eigenvalue weighted by molar-refractivity contribution is -0.513. The molecule has 0 bridgehead atoms. The monoisotopic (exact) mass is 382 g/mol. The van der Waals surface area contributed by atoms with Gasteiger partial charge in [0.1, 0.15) is 17.5 Å². The molecule has 0 aliphatic heterocycles.